The lowest BCUT2D eigenvalue weighted by atomic mass is 10.1. The highest BCUT2D eigenvalue weighted by molar-refractivity contribution is 7.20. The molecule has 1 N–H and O–H groups in total. The van der Waals surface area contributed by atoms with Gasteiger partial charge >= 0.3 is 0 Å². The Balaban J connectivity index is 1.74. The van der Waals surface area contributed by atoms with E-state index in [1.807, 2.05) is 48.5 Å². The lowest BCUT2D eigenvalue weighted by Crippen LogP contribution is -2.50. The Morgan fingerprint density at radius 2 is 1.92 bits per heavy atom. The van der Waals surface area contributed by atoms with Gasteiger partial charge in [0.25, 0.3) is 11.8 Å². The molecule has 2 aromatic carbocycles. The summed E-state index contributed by atoms with van der Waals surface area (Å²) in [4.78, 5) is 27.5. The van der Waals surface area contributed by atoms with Gasteiger partial charge in [0.1, 0.15) is 5.75 Å². The van der Waals surface area contributed by atoms with Crippen molar-refractivity contribution in [1.29, 1.82) is 0 Å². The summed E-state index contributed by atoms with van der Waals surface area (Å²) >= 11 is 1.46. The van der Waals surface area contributed by atoms with Gasteiger partial charge in [-0.3, -0.25) is 14.5 Å². The van der Waals surface area contributed by atoms with Crippen LogP contribution in [0.25, 0.3) is 10.1 Å². The van der Waals surface area contributed by atoms with Crippen molar-refractivity contribution >= 4 is 38.9 Å². The fourth-order valence-electron chi connectivity index (χ4n) is 2.94. The van der Waals surface area contributed by atoms with E-state index in [0.29, 0.717) is 16.3 Å². The molecule has 0 unspecified atom stereocenters. The first-order valence-corrected chi connectivity index (χ1v) is 8.77. The SMILES string of the molecule is CNC(=O)[C@H]1CN(C(=O)c2cc3ccccc3s2)c2ccccc2O1. The summed E-state index contributed by atoms with van der Waals surface area (Å²) in [5, 5.41) is 3.63. The molecular formula is C19H16N2O3S. The molecule has 0 radical (unpaired) electrons. The Bertz CT molecular complexity index is 933. The molecule has 0 spiro atoms. The van der Waals surface area contributed by atoms with Crippen LogP contribution in [0.3, 0.4) is 0 Å². The first kappa shape index (κ1) is 15.7. The number of thiophene rings is 1. The highest BCUT2D eigenvalue weighted by Crippen LogP contribution is 2.35. The third-order valence-corrected chi connectivity index (χ3v) is 5.30. The number of nitrogens with one attached hydrogen (secondary N) is 1. The number of anilines is 1. The number of ether oxygens (including phenoxy) is 1. The summed E-state index contributed by atoms with van der Waals surface area (Å²) in [6, 6.07) is 17.1. The molecule has 4 rings (SSSR count). The molecule has 0 saturated heterocycles. The number of hydrogen-bond donors (Lipinski definition) is 1. The van der Waals surface area contributed by atoms with Gasteiger partial charge in [0.15, 0.2) is 6.10 Å². The number of carbonyl (C=O) groups is 2. The normalized spacial score (nSPS) is 16.2. The average molecular weight is 352 g/mol. The second-order valence-corrected chi connectivity index (χ2v) is 6.84. The molecule has 1 aliphatic heterocycles. The predicted octanol–water partition coefficient (Wildman–Crippen LogP) is 3.06. The molecule has 0 bridgehead atoms. The number of para-hydroxylation sites is 2. The standard InChI is InChI=1S/C19H16N2O3S/c1-20-18(22)15-11-21(13-7-3-4-8-14(13)24-15)19(23)17-10-12-6-2-5-9-16(12)25-17/h2-10,15H,11H2,1H3,(H,20,22)/t15-/m1/s1. The number of amides is 2. The number of benzene rings is 2. The van der Waals surface area contributed by atoms with Crippen LogP contribution in [-0.2, 0) is 4.79 Å². The molecule has 1 aliphatic rings. The first-order valence-electron chi connectivity index (χ1n) is 7.95. The summed E-state index contributed by atoms with van der Waals surface area (Å²) in [6.45, 7) is 0.184. The summed E-state index contributed by atoms with van der Waals surface area (Å²) in [7, 11) is 1.56. The van der Waals surface area contributed by atoms with E-state index < -0.39 is 6.10 Å². The van der Waals surface area contributed by atoms with Crippen molar-refractivity contribution in [3.05, 3.63) is 59.5 Å². The molecule has 3 aromatic rings. The van der Waals surface area contributed by atoms with Crippen LogP contribution in [0.5, 0.6) is 5.75 Å². The second-order valence-electron chi connectivity index (χ2n) is 5.75. The van der Waals surface area contributed by atoms with E-state index in [1.165, 1.54) is 11.3 Å². The third kappa shape index (κ3) is 2.74. The predicted molar refractivity (Wildman–Crippen MR) is 98.4 cm³/mol. The zero-order valence-electron chi connectivity index (χ0n) is 13.6. The van der Waals surface area contributed by atoms with Crippen LogP contribution in [-0.4, -0.2) is 31.5 Å². The fraction of sp³-hybridized carbons (Fsp3) is 0.158. The highest BCUT2D eigenvalue weighted by atomic mass is 32.1. The third-order valence-electron chi connectivity index (χ3n) is 4.19. The van der Waals surface area contributed by atoms with Crippen LogP contribution >= 0.6 is 11.3 Å². The molecule has 0 saturated carbocycles. The van der Waals surface area contributed by atoms with Crippen molar-refractivity contribution in [3.63, 3.8) is 0 Å². The van der Waals surface area contributed by atoms with Gasteiger partial charge in [-0.25, -0.2) is 0 Å². The Morgan fingerprint density at radius 3 is 2.72 bits per heavy atom. The van der Waals surface area contributed by atoms with Crippen molar-refractivity contribution in [2.75, 3.05) is 18.5 Å². The van der Waals surface area contributed by atoms with E-state index in [1.54, 1.807) is 18.0 Å². The minimum atomic E-state index is -0.724. The number of fused-ring (bicyclic) bond motifs is 2. The van der Waals surface area contributed by atoms with Crippen molar-refractivity contribution in [2.45, 2.75) is 6.10 Å². The largest absolute Gasteiger partial charge is 0.477 e. The van der Waals surface area contributed by atoms with Gasteiger partial charge < -0.3 is 10.1 Å². The minimum absolute atomic E-state index is 0.120. The van der Waals surface area contributed by atoms with Crippen LogP contribution in [0.2, 0.25) is 0 Å². The van der Waals surface area contributed by atoms with Gasteiger partial charge in [-0.15, -0.1) is 11.3 Å². The van der Waals surface area contributed by atoms with Crippen molar-refractivity contribution in [3.8, 4) is 5.75 Å². The van der Waals surface area contributed by atoms with Gasteiger partial charge in [-0.1, -0.05) is 30.3 Å². The number of rotatable bonds is 2. The number of hydrogen-bond acceptors (Lipinski definition) is 4. The maximum absolute atomic E-state index is 13.1. The van der Waals surface area contributed by atoms with E-state index in [9.17, 15) is 9.59 Å². The van der Waals surface area contributed by atoms with Crippen LogP contribution in [0, 0.1) is 0 Å². The van der Waals surface area contributed by atoms with Crippen molar-refractivity contribution in [2.24, 2.45) is 0 Å². The van der Waals surface area contributed by atoms with E-state index in [4.69, 9.17) is 4.74 Å². The zero-order valence-corrected chi connectivity index (χ0v) is 14.4. The number of carbonyl (C=O) groups excluding carboxylic acids is 2. The topological polar surface area (TPSA) is 58.6 Å². The van der Waals surface area contributed by atoms with Crippen LogP contribution in [0.4, 0.5) is 5.69 Å². The maximum Gasteiger partial charge on any atom is 0.268 e. The maximum atomic E-state index is 13.1. The van der Waals surface area contributed by atoms with E-state index in [2.05, 4.69) is 5.32 Å². The molecule has 25 heavy (non-hydrogen) atoms. The van der Waals surface area contributed by atoms with Crippen LogP contribution in [0.1, 0.15) is 9.67 Å². The van der Waals surface area contributed by atoms with Crippen LogP contribution < -0.4 is 15.0 Å². The van der Waals surface area contributed by atoms with Crippen molar-refractivity contribution in [1.82, 2.24) is 5.32 Å². The Kier molecular flexibility index (Phi) is 3.89. The quantitative estimate of drug-likeness (QED) is 0.771. The second kappa shape index (κ2) is 6.22. The lowest BCUT2D eigenvalue weighted by molar-refractivity contribution is -0.127. The van der Waals surface area contributed by atoms with Gasteiger partial charge in [0, 0.05) is 11.7 Å². The molecule has 2 amide bonds. The molecular weight excluding hydrogens is 336 g/mol. The highest BCUT2D eigenvalue weighted by Gasteiger charge is 2.34. The molecule has 6 heteroatoms. The fourth-order valence-corrected chi connectivity index (χ4v) is 3.96. The van der Waals surface area contributed by atoms with Gasteiger partial charge in [0.2, 0.25) is 0 Å². The van der Waals surface area contributed by atoms with Crippen LogP contribution in [0.15, 0.2) is 54.6 Å². The number of likely N-dealkylation sites (N-methyl/N-ethyl adjacent to an activating group) is 1. The molecule has 1 atom stereocenters. The molecule has 0 fully saturated rings. The Morgan fingerprint density at radius 1 is 1.16 bits per heavy atom. The molecule has 0 aliphatic carbocycles. The van der Waals surface area contributed by atoms with E-state index in [-0.39, 0.29) is 18.4 Å². The number of nitrogens with zero attached hydrogens (tertiary/aromatic N) is 1. The molecule has 5 nitrogen and oxygen atoms in total. The summed E-state index contributed by atoms with van der Waals surface area (Å²) in [6.07, 6.45) is -0.724. The molecule has 1 aromatic heterocycles. The molecule has 126 valence electrons. The van der Waals surface area contributed by atoms with Gasteiger partial charge in [0.05, 0.1) is 17.1 Å². The summed E-state index contributed by atoms with van der Waals surface area (Å²) in [5.74, 6) is 0.173. The lowest BCUT2D eigenvalue weighted by Gasteiger charge is -2.33. The Hall–Kier alpha value is -2.86. The smallest absolute Gasteiger partial charge is 0.268 e. The Labute approximate surface area is 148 Å². The average Bonchev–Trinajstić information content (AvgIpc) is 3.10. The monoisotopic (exact) mass is 352 g/mol. The van der Waals surface area contributed by atoms with Gasteiger partial charge in [-0.05, 0) is 29.7 Å². The summed E-state index contributed by atoms with van der Waals surface area (Å²) in [5.41, 5.74) is 0.685. The summed E-state index contributed by atoms with van der Waals surface area (Å²) < 4.78 is 6.82. The zero-order chi connectivity index (χ0) is 17.4. The molecule has 2 heterocycles. The van der Waals surface area contributed by atoms with E-state index >= 15 is 0 Å². The first-order chi connectivity index (χ1) is 12.2. The minimum Gasteiger partial charge on any atom is -0.477 e. The van der Waals surface area contributed by atoms with Gasteiger partial charge in [-0.2, -0.15) is 0 Å². The van der Waals surface area contributed by atoms with Crippen molar-refractivity contribution < 1.29 is 14.3 Å². The van der Waals surface area contributed by atoms with E-state index in [0.717, 1.165) is 10.1 Å².